The largest absolute Gasteiger partial charge is 0.366 e. The summed E-state index contributed by atoms with van der Waals surface area (Å²) in [7, 11) is -3.96. The van der Waals surface area contributed by atoms with E-state index in [0.29, 0.717) is 5.56 Å². The Bertz CT molecular complexity index is 818. The summed E-state index contributed by atoms with van der Waals surface area (Å²) in [5.74, 6) is -3.30. The Hall–Kier alpha value is -2.32. The van der Waals surface area contributed by atoms with Crippen molar-refractivity contribution in [1.82, 2.24) is 4.72 Å². The maximum atomic E-state index is 13.5. The summed E-state index contributed by atoms with van der Waals surface area (Å²) in [6.07, 6.45) is 0. The van der Waals surface area contributed by atoms with Crippen LogP contribution in [0.4, 0.5) is 8.78 Å². The second kappa shape index (κ2) is 6.84. The highest BCUT2D eigenvalue weighted by molar-refractivity contribution is 7.88. The Morgan fingerprint density at radius 1 is 1.09 bits per heavy atom. The van der Waals surface area contributed by atoms with Crippen molar-refractivity contribution in [2.45, 2.75) is 12.3 Å². The average Bonchev–Trinajstić information content (AvgIpc) is 2.50. The zero-order valence-corrected chi connectivity index (χ0v) is 12.7. The summed E-state index contributed by atoms with van der Waals surface area (Å²) in [6, 6.07) is 9.22. The third-order valence-electron chi connectivity index (χ3n) is 3.10. The molecule has 0 aromatic heterocycles. The van der Waals surface area contributed by atoms with Gasteiger partial charge in [0.2, 0.25) is 15.9 Å². The molecular formula is C15H14F2N2O3S. The minimum absolute atomic E-state index is 0.125. The van der Waals surface area contributed by atoms with Crippen LogP contribution in [0, 0.1) is 11.6 Å². The summed E-state index contributed by atoms with van der Waals surface area (Å²) >= 11 is 0. The Morgan fingerprint density at radius 3 is 2.30 bits per heavy atom. The molecule has 2 aromatic carbocycles. The van der Waals surface area contributed by atoms with E-state index in [9.17, 15) is 22.0 Å². The highest BCUT2D eigenvalue weighted by Gasteiger charge is 2.18. The minimum atomic E-state index is -3.96. The fraction of sp³-hybridized carbons (Fsp3) is 0.133. The molecule has 0 atom stereocenters. The molecule has 1 amide bonds. The van der Waals surface area contributed by atoms with Crippen LogP contribution in [0.1, 0.15) is 21.5 Å². The Morgan fingerprint density at radius 2 is 1.70 bits per heavy atom. The van der Waals surface area contributed by atoms with Crippen molar-refractivity contribution in [3.05, 3.63) is 70.8 Å². The van der Waals surface area contributed by atoms with E-state index in [1.807, 2.05) is 0 Å². The lowest BCUT2D eigenvalue weighted by Crippen LogP contribution is -2.25. The number of nitrogens with one attached hydrogen (secondary N) is 1. The Labute approximate surface area is 132 Å². The van der Waals surface area contributed by atoms with Gasteiger partial charge in [0.1, 0.15) is 11.6 Å². The molecule has 0 fully saturated rings. The first-order valence-corrected chi connectivity index (χ1v) is 8.23. The van der Waals surface area contributed by atoms with Crippen molar-refractivity contribution in [1.29, 1.82) is 0 Å². The lowest BCUT2D eigenvalue weighted by atomic mass is 10.1. The van der Waals surface area contributed by atoms with Crippen LogP contribution in [0.2, 0.25) is 0 Å². The number of amides is 1. The highest BCUT2D eigenvalue weighted by Crippen LogP contribution is 2.15. The summed E-state index contributed by atoms with van der Waals surface area (Å²) in [5, 5.41) is 0. The van der Waals surface area contributed by atoms with Gasteiger partial charge in [0.25, 0.3) is 0 Å². The van der Waals surface area contributed by atoms with Gasteiger partial charge in [-0.3, -0.25) is 4.79 Å². The molecule has 0 saturated carbocycles. The SMILES string of the molecule is NC(=O)c1cccc(CNS(=O)(=O)Cc2c(F)cccc2F)c1. The molecule has 0 saturated heterocycles. The van der Waals surface area contributed by atoms with Gasteiger partial charge in [-0.2, -0.15) is 0 Å². The molecule has 2 aromatic rings. The number of carbonyl (C=O) groups is 1. The maximum absolute atomic E-state index is 13.5. The average molecular weight is 340 g/mol. The van der Waals surface area contributed by atoms with E-state index in [4.69, 9.17) is 5.73 Å². The smallest absolute Gasteiger partial charge is 0.248 e. The first-order chi connectivity index (χ1) is 10.8. The van der Waals surface area contributed by atoms with Crippen molar-refractivity contribution < 1.29 is 22.0 Å². The highest BCUT2D eigenvalue weighted by atomic mass is 32.2. The zero-order valence-electron chi connectivity index (χ0n) is 11.9. The normalized spacial score (nSPS) is 11.4. The van der Waals surface area contributed by atoms with Crippen LogP contribution in [0.15, 0.2) is 42.5 Å². The van der Waals surface area contributed by atoms with E-state index >= 15 is 0 Å². The van der Waals surface area contributed by atoms with Crippen molar-refractivity contribution in [3.8, 4) is 0 Å². The summed E-state index contributed by atoms with van der Waals surface area (Å²) in [5.41, 5.74) is 5.35. The fourth-order valence-electron chi connectivity index (χ4n) is 1.94. The van der Waals surface area contributed by atoms with Crippen molar-refractivity contribution in [2.75, 3.05) is 0 Å². The minimum Gasteiger partial charge on any atom is -0.366 e. The number of benzene rings is 2. The lowest BCUT2D eigenvalue weighted by Gasteiger charge is -2.09. The maximum Gasteiger partial charge on any atom is 0.248 e. The zero-order chi connectivity index (χ0) is 17.0. The summed E-state index contributed by atoms with van der Waals surface area (Å²) in [6.45, 7) is -0.125. The molecule has 0 aliphatic heterocycles. The second-order valence-corrected chi connectivity index (χ2v) is 6.65. The van der Waals surface area contributed by atoms with Crippen LogP contribution in [-0.2, 0) is 22.3 Å². The Kier molecular flexibility index (Phi) is 5.07. The molecule has 5 nitrogen and oxygen atoms in total. The molecule has 3 N–H and O–H groups in total. The third kappa shape index (κ3) is 4.57. The van der Waals surface area contributed by atoms with Gasteiger partial charge < -0.3 is 5.73 Å². The molecule has 2 rings (SSSR count). The van der Waals surface area contributed by atoms with Crippen molar-refractivity contribution in [2.24, 2.45) is 5.73 Å². The molecular weight excluding hydrogens is 326 g/mol. The fourth-order valence-corrected chi connectivity index (χ4v) is 3.08. The van der Waals surface area contributed by atoms with Crippen molar-refractivity contribution >= 4 is 15.9 Å². The number of sulfonamides is 1. The topological polar surface area (TPSA) is 89.3 Å². The van der Waals surface area contributed by atoms with Gasteiger partial charge in [-0.25, -0.2) is 21.9 Å². The van der Waals surface area contributed by atoms with Gasteiger partial charge in [0.15, 0.2) is 0 Å². The number of hydrogen-bond acceptors (Lipinski definition) is 3. The molecule has 0 spiro atoms. The predicted molar refractivity (Wildman–Crippen MR) is 80.8 cm³/mol. The molecule has 122 valence electrons. The quantitative estimate of drug-likeness (QED) is 0.838. The van der Waals surface area contributed by atoms with Crippen LogP contribution in [0.3, 0.4) is 0 Å². The second-order valence-electron chi connectivity index (χ2n) is 4.85. The van der Waals surface area contributed by atoms with Gasteiger partial charge in [-0.15, -0.1) is 0 Å². The number of rotatable bonds is 6. The van der Waals surface area contributed by atoms with Gasteiger partial charge in [0, 0.05) is 17.7 Å². The predicted octanol–water partition coefficient (Wildman–Crippen LogP) is 1.68. The van der Waals surface area contributed by atoms with Gasteiger partial charge in [-0.05, 0) is 29.8 Å². The first kappa shape index (κ1) is 17.0. The molecule has 0 aliphatic rings. The van der Waals surface area contributed by atoms with E-state index < -0.39 is 38.9 Å². The van der Waals surface area contributed by atoms with E-state index in [-0.39, 0.29) is 12.1 Å². The molecule has 0 bridgehead atoms. The number of hydrogen-bond donors (Lipinski definition) is 2. The van der Waals surface area contributed by atoms with E-state index in [2.05, 4.69) is 4.72 Å². The number of carbonyl (C=O) groups excluding carboxylic acids is 1. The molecule has 23 heavy (non-hydrogen) atoms. The molecule has 8 heteroatoms. The van der Waals surface area contributed by atoms with Crippen LogP contribution < -0.4 is 10.5 Å². The molecule has 0 heterocycles. The first-order valence-electron chi connectivity index (χ1n) is 6.57. The monoisotopic (exact) mass is 340 g/mol. The van der Waals surface area contributed by atoms with E-state index in [1.165, 1.54) is 12.1 Å². The van der Waals surface area contributed by atoms with E-state index in [0.717, 1.165) is 18.2 Å². The molecule has 0 radical (unpaired) electrons. The molecule has 0 aliphatic carbocycles. The summed E-state index contributed by atoms with van der Waals surface area (Å²) in [4.78, 5) is 11.1. The van der Waals surface area contributed by atoms with Crippen LogP contribution in [0.5, 0.6) is 0 Å². The number of primary amides is 1. The van der Waals surface area contributed by atoms with E-state index in [1.54, 1.807) is 12.1 Å². The number of halogens is 2. The standard InChI is InChI=1S/C15H14F2N2O3S/c16-13-5-2-6-14(17)12(13)9-23(21,22)19-8-10-3-1-4-11(7-10)15(18)20/h1-7,19H,8-9H2,(H2,18,20). The van der Waals surface area contributed by atoms with Crippen LogP contribution >= 0.6 is 0 Å². The summed E-state index contributed by atoms with van der Waals surface area (Å²) < 4.78 is 53.2. The van der Waals surface area contributed by atoms with Gasteiger partial charge in [-0.1, -0.05) is 18.2 Å². The third-order valence-corrected chi connectivity index (χ3v) is 4.36. The van der Waals surface area contributed by atoms with Crippen molar-refractivity contribution in [3.63, 3.8) is 0 Å². The van der Waals surface area contributed by atoms with Crippen LogP contribution in [-0.4, -0.2) is 14.3 Å². The molecule has 0 unspecified atom stereocenters. The van der Waals surface area contributed by atoms with Gasteiger partial charge in [0.05, 0.1) is 5.75 Å². The Balaban J connectivity index is 2.10. The van der Waals surface area contributed by atoms with Crippen LogP contribution in [0.25, 0.3) is 0 Å². The lowest BCUT2D eigenvalue weighted by molar-refractivity contribution is 0.1000. The number of nitrogens with two attached hydrogens (primary N) is 1. The van der Waals surface area contributed by atoms with Gasteiger partial charge >= 0.3 is 0 Å².